The molecule has 0 radical (unpaired) electrons. The molecule has 2 aromatic carbocycles. The topological polar surface area (TPSA) is 56.0 Å². The number of rotatable bonds is 7. The number of benzene rings is 2. The molecule has 0 aliphatic rings. The van der Waals surface area contributed by atoms with Crippen LogP contribution in [0.5, 0.6) is 0 Å². The van der Waals surface area contributed by atoms with Gasteiger partial charge in [-0.1, -0.05) is 41.6 Å². The van der Waals surface area contributed by atoms with Crippen molar-refractivity contribution in [1.29, 1.82) is 0 Å². The minimum absolute atomic E-state index is 0.211. The number of hydrogen-bond acceptors (Lipinski definition) is 4. The second kappa shape index (κ2) is 7.64. The third kappa shape index (κ3) is 3.93. The predicted octanol–water partition coefficient (Wildman–Crippen LogP) is 4.25. The number of aldehydes is 1. The standard InChI is InChI=1S/C19H17FN2O2/c20-17-12-15(13-23)10-11-16(17)19-21-18(24-22-19)9-5-4-8-14-6-2-1-3-7-14/h1-3,6-7,10-13H,4-5,8-9H2. The Kier molecular flexibility index (Phi) is 5.11. The average molecular weight is 324 g/mol. The normalized spacial score (nSPS) is 10.7. The molecule has 0 saturated carbocycles. The summed E-state index contributed by atoms with van der Waals surface area (Å²) < 4.78 is 19.1. The number of aryl methyl sites for hydroxylation is 2. The molecule has 122 valence electrons. The van der Waals surface area contributed by atoms with Crippen LogP contribution in [0.1, 0.15) is 34.7 Å². The first-order valence-electron chi connectivity index (χ1n) is 7.88. The van der Waals surface area contributed by atoms with Crippen molar-refractivity contribution in [2.24, 2.45) is 0 Å². The number of carbonyl (C=O) groups is 1. The van der Waals surface area contributed by atoms with Crippen molar-refractivity contribution >= 4 is 6.29 Å². The zero-order valence-corrected chi connectivity index (χ0v) is 13.1. The smallest absolute Gasteiger partial charge is 0.226 e. The number of halogens is 1. The molecule has 0 saturated heterocycles. The lowest BCUT2D eigenvalue weighted by Crippen LogP contribution is -1.91. The van der Waals surface area contributed by atoms with Crippen molar-refractivity contribution in [2.75, 3.05) is 0 Å². The van der Waals surface area contributed by atoms with E-state index in [0.29, 0.717) is 18.6 Å². The summed E-state index contributed by atoms with van der Waals surface area (Å²) >= 11 is 0. The maximum atomic E-state index is 13.9. The highest BCUT2D eigenvalue weighted by Crippen LogP contribution is 2.21. The number of nitrogens with zero attached hydrogens (tertiary/aromatic N) is 2. The Bertz CT molecular complexity index is 815. The van der Waals surface area contributed by atoms with Crippen molar-refractivity contribution in [1.82, 2.24) is 10.1 Å². The van der Waals surface area contributed by atoms with E-state index in [1.165, 1.54) is 17.7 Å². The van der Waals surface area contributed by atoms with E-state index in [9.17, 15) is 9.18 Å². The van der Waals surface area contributed by atoms with Crippen LogP contribution in [0.2, 0.25) is 0 Å². The molecule has 0 amide bonds. The van der Waals surface area contributed by atoms with Crippen LogP contribution < -0.4 is 0 Å². The molecule has 0 unspecified atom stereocenters. The summed E-state index contributed by atoms with van der Waals surface area (Å²) in [6, 6.07) is 14.5. The summed E-state index contributed by atoms with van der Waals surface area (Å²) in [5.41, 5.74) is 1.82. The van der Waals surface area contributed by atoms with Crippen LogP contribution in [0.25, 0.3) is 11.4 Å². The fraction of sp³-hybridized carbons (Fsp3) is 0.211. The van der Waals surface area contributed by atoms with Gasteiger partial charge in [-0.3, -0.25) is 4.79 Å². The summed E-state index contributed by atoms with van der Waals surface area (Å²) in [5, 5.41) is 3.83. The van der Waals surface area contributed by atoms with E-state index in [-0.39, 0.29) is 17.0 Å². The Labute approximate surface area is 139 Å². The van der Waals surface area contributed by atoms with Crippen molar-refractivity contribution in [2.45, 2.75) is 25.7 Å². The van der Waals surface area contributed by atoms with Crippen molar-refractivity contribution < 1.29 is 13.7 Å². The quantitative estimate of drug-likeness (QED) is 0.481. The van der Waals surface area contributed by atoms with Gasteiger partial charge >= 0.3 is 0 Å². The van der Waals surface area contributed by atoms with Gasteiger partial charge in [0.25, 0.3) is 0 Å². The number of hydrogen-bond donors (Lipinski definition) is 0. The number of unbranched alkanes of at least 4 members (excludes halogenated alkanes) is 1. The molecule has 5 heteroatoms. The first kappa shape index (κ1) is 16.1. The van der Waals surface area contributed by atoms with E-state index in [4.69, 9.17) is 4.52 Å². The lowest BCUT2D eigenvalue weighted by atomic mass is 10.1. The molecule has 3 aromatic rings. The van der Waals surface area contributed by atoms with E-state index in [0.717, 1.165) is 25.3 Å². The minimum Gasteiger partial charge on any atom is -0.339 e. The molecule has 0 N–H and O–H groups in total. The van der Waals surface area contributed by atoms with E-state index in [2.05, 4.69) is 22.3 Å². The van der Waals surface area contributed by atoms with Gasteiger partial charge in [-0.15, -0.1) is 0 Å². The summed E-state index contributed by atoms with van der Waals surface area (Å²) in [6.45, 7) is 0. The lowest BCUT2D eigenvalue weighted by Gasteiger charge is -1.99. The van der Waals surface area contributed by atoms with E-state index >= 15 is 0 Å². The van der Waals surface area contributed by atoms with Gasteiger partial charge in [-0.2, -0.15) is 4.98 Å². The molecule has 0 spiro atoms. The van der Waals surface area contributed by atoms with Crippen molar-refractivity contribution in [3.63, 3.8) is 0 Å². The maximum Gasteiger partial charge on any atom is 0.226 e. The second-order valence-corrected chi connectivity index (χ2v) is 5.56. The van der Waals surface area contributed by atoms with Gasteiger partial charge in [-0.05, 0) is 37.0 Å². The molecule has 0 atom stereocenters. The molecule has 0 fully saturated rings. The van der Waals surface area contributed by atoms with Crippen LogP contribution in [0.3, 0.4) is 0 Å². The summed E-state index contributed by atoms with van der Waals surface area (Å²) in [5.74, 6) is 0.177. The molecular weight excluding hydrogens is 307 g/mol. The summed E-state index contributed by atoms with van der Waals surface area (Å²) in [7, 11) is 0. The fourth-order valence-corrected chi connectivity index (χ4v) is 2.50. The fourth-order valence-electron chi connectivity index (χ4n) is 2.50. The van der Waals surface area contributed by atoms with Gasteiger partial charge in [0.05, 0.1) is 5.56 Å². The van der Waals surface area contributed by atoms with Gasteiger partial charge in [0, 0.05) is 12.0 Å². The Morgan fingerprint density at radius 2 is 1.83 bits per heavy atom. The SMILES string of the molecule is O=Cc1ccc(-c2noc(CCCCc3ccccc3)n2)c(F)c1. The largest absolute Gasteiger partial charge is 0.339 e. The van der Waals surface area contributed by atoms with Crippen LogP contribution in [-0.2, 0) is 12.8 Å². The second-order valence-electron chi connectivity index (χ2n) is 5.56. The molecule has 0 bridgehead atoms. The van der Waals surface area contributed by atoms with E-state index in [1.807, 2.05) is 18.2 Å². The number of aromatic nitrogens is 2. The maximum absolute atomic E-state index is 13.9. The van der Waals surface area contributed by atoms with Crippen LogP contribution in [0, 0.1) is 5.82 Å². The molecule has 0 aliphatic heterocycles. The first-order valence-corrected chi connectivity index (χ1v) is 7.88. The Morgan fingerprint density at radius 1 is 1.04 bits per heavy atom. The molecule has 4 nitrogen and oxygen atoms in total. The van der Waals surface area contributed by atoms with Gasteiger partial charge in [0.15, 0.2) is 0 Å². The van der Waals surface area contributed by atoms with Gasteiger partial charge in [0.1, 0.15) is 12.1 Å². The molecule has 1 aromatic heterocycles. The molecule has 3 rings (SSSR count). The van der Waals surface area contributed by atoms with Crippen molar-refractivity contribution in [3.05, 3.63) is 71.4 Å². The van der Waals surface area contributed by atoms with E-state index in [1.54, 1.807) is 0 Å². The Morgan fingerprint density at radius 3 is 2.58 bits per heavy atom. The molecule has 1 heterocycles. The van der Waals surface area contributed by atoms with E-state index < -0.39 is 5.82 Å². The monoisotopic (exact) mass is 324 g/mol. The average Bonchev–Trinajstić information content (AvgIpc) is 3.08. The highest BCUT2D eigenvalue weighted by atomic mass is 19.1. The van der Waals surface area contributed by atoms with Crippen LogP contribution >= 0.6 is 0 Å². The zero-order chi connectivity index (χ0) is 16.8. The van der Waals surface area contributed by atoms with Gasteiger partial charge in [-0.25, -0.2) is 4.39 Å². The van der Waals surface area contributed by atoms with Gasteiger partial charge in [0.2, 0.25) is 11.7 Å². The predicted molar refractivity (Wildman–Crippen MR) is 88.2 cm³/mol. The molecule has 0 aliphatic carbocycles. The number of carbonyl (C=O) groups excluding carboxylic acids is 1. The Balaban J connectivity index is 1.56. The highest BCUT2D eigenvalue weighted by molar-refractivity contribution is 5.76. The molecular formula is C19H17FN2O2. The first-order chi connectivity index (χ1) is 11.8. The van der Waals surface area contributed by atoms with Crippen LogP contribution in [0.4, 0.5) is 4.39 Å². The third-order valence-corrected chi connectivity index (χ3v) is 3.79. The molecule has 24 heavy (non-hydrogen) atoms. The van der Waals surface area contributed by atoms with Crippen LogP contribution in [-0.4, -0.2) is 16.4 Å². The minimum atomic E-state index is -0.531. The summed E-state index contributed by atoms with van der Waals surface area (Å²) in [4.78, 5) is 14.9. The lowest BCUT2D eigenvalue weighted by molar-refractivity contribution is 0.112. The zero-order valence-electron chi connectivity index (χ0n) is 13.1. The Hall–Kier alpha value is -2.82. The highest BCUT2D eigenvalue weighted by Gasteiger charge is 2.13. The van der Waals surface area contributed by atoms with Gasteiger partial charge < -0.3 is 4.52 Å². The summed E-state index contributed by atoms with van der Waals surface area (Å²) in [6.07, 6.45) is 4.20. The van der Waals surface area contributed by atoms with Crippen molar-refractivity contribution in [3.8, 4) is 11.4 Å². The van der Waals surface area contributed by atoms with Crippen LogP contribution in [0.15, 0.2) is 53.1 Å². The third-order valence-electron chi connectivity index (χ3n) is 3.79.